The summed E-state index contributed by atoms with van der Waals surface area (Å²) in [6.07, 6.45) is 1.48. The second-order valence-electron chi connectivity index (χ2n) is 2.29. The van der Waals surface area contributed by atoms with Crippen molar-refractivity contribution in [1.29, 1.82) is 0 Å². The third kappa shape index (κ3) is 1.24. The second-order valence-corrected chi connectivity index (χ2v) is 2.85. The van der Waals surface area contributed by atoms with E-state index in [0.717, 1.165) is 5.69 Å². The SMILES string of the molecule is BrCc1ncnc2c1OCCO2. The molecule has 1 aromatic rings. The monoisotopic (exact) mass is 230 g/mol. The Bertz CT molecular complexity index is 278. The van der Waals surface area contributed by atoms with Crippen molar-refractivity contribution in [2.75, 3.05) is 13.2 Å². The molecule has 0 aliphatic carbocycles. The average Bonchev–Trinajstić information content (AvgIpc) is 2.17. The van der Waals surface area contributed by atoms with Crippen LogP contribution in [0.25, 0.3) is 0 Å². The molecule has 2 heterocycles. The maximum atomic E-state index is 5.37. The lowest BCUT2D eigenvalue weighted by Gasteiger charge is -2.17. The minimum atomic E-state index is 0.547. The summed E-state index contributed by atoms with van der Waals surface area (Å²) in [5.41, 5.74) is 0.833. The van der Waals surface area contributed by atoms with Gasteiger partial charge in [0.15, 0.2) is 0 Å². The lowest BCUT2D eigenvalue weighted by atomic mass is 10.4. The van der Waals surface area contributed by atoms with Gasteiger partial charge in [-0.25, -0.2) is 4.98 Å². The van der Waals surface area contributed by atoms with Gasteiger partial charge in [0.1, 0.15) is 25.2 Å². The van der Waals surface area contributed by atoms with Crippen LogP contribution >= 0.6 is 15.9 Å². The highest BCUT2D eigenvalue weighted by atomic mass is 79.9. The Morgan fingerprint density at radius 1 is 1.33 bits per heavy atom. The number of nitrogens with zero attached hydrogens (tertiary/aromatic N) is 2. The Kier molecular flexibility index (Phi) is 2.12. The van der Waals surface area contributed by atoms with E-state index < -0.39 is 0 Å². The van der Waals surface area contributed by atoms with E-state index in [1.54, 1.807) is 0 Å². The van der Waals surface area contributed by atoms with E-state index >= 15 is 0 Å². The Balaban J connectivity index is 2.44. The number of fused-ring (bicyclic) bond motifs is 1. The maximum Gasteiger partial charge on any atom is 0.260 e. The zero-order chi connectivity index (χ0) is 8.39. The molecule has 0 aromatic carbocycles. The molecular formula is C7H7BrN2O2. The van der Waals surface area contributed by atoms with Crippen LogP contribution in [0.4, 0.5) is 0 Å². The summed E-state index contributed by atoms with van der Waals surface area (Å²) in [5, 5.41) is 0.654. The summed E-state index contributed by atoms with van der Waals surface area (Å²) < 4.78 is 10.6. The first-order chi connectivity index (χ1) is 5.92. The van der Waals surface area contributed by atoms with E-state index in [-0.39, 0.29) is 0 Å². The number of alkyl halides is 1. The summed E-state index contributed by atoms with van der Waals surface area (Å²) in [5.74, 6) is 1.21. The molecule has 0 bridgehead atoms. The molecule has 0 unspecified atom stereocenters. The van der Waals surface area contributed by atoms with Crippen LogP contribution in [0.15, 0.2) is 6.33 Å². The molecule has 0 amide bonds. The maximum absolute atomic E-state index is 5.37. The summed E-state index contributed by atoms with van der Waals surface area (Å²) in [6.45, 7) is 1.13. The third-order valence-electron chi connectivity index (χ3n) is 1.54. The highest BCUT2D eigenvalue weighted by molar-refractivity contribution is 9.08. The standard InChI is InChI=1S/C7H7BrN2O2/c8-3-5-6-7(10-4-9-5)12-2-1-11-6/h4H,1-3H2. The molecule has 5 heteroatoms. The van der Waals surface area contributed by atoms with E-state index in [1.807, 2.05) is 0 Å². The van der Waals surface area contributed by atoms with Crippen LogP contribution in [0.5, 0.6) is 11.6 Å². The smallest absolute Gasteiger partial charge is 0.260 e. The average molecular weight is 231 g/mol. The molecule has 0 fully saturated rings. The molecule has 4 nitrogen and oxygen atoms in total. The minimum absolute atomic E-state index is 0.547. The first kappa shape index (κ1) is 7.79. The Morgan fingerprint density at radius 3 is 3.00 bits per heavy atom. The normalized spacial score (nSPS) is 14.4. The van der Waals surface area contributed by atoms with Crippen LogP contribution in [0.3, 0.4) is 0 Å². The van der Waals surface area contributed by atoms with E-state index in [4.69, 9.17) is 9.47 Å². The van der Waals surface area contributed by atoms with Crippen molar-refractivity contribution in [2.45, 2.75) is 5.33 Å². The van der Waals surface area contributed by atoms with Crippen molar-refractivity contribution in [3.63, 3.8) is 0 Å². The molecule has 1 aliphatic heterocycles. The van der Waals surface area contributed by atoms with Crippen molar-refractivity contribution in [2.24, 2.45) is 0 Å². The Morgan fingerprint density at radius 2 is 2.17 bits per heavy atom. The number of hydrogen-bond acceptors (Lipinski definition) is 4. The van der Waals surface area contributed by atoms with Gasteiger partial charge in [-0.15, -0.1) is 0 Å². The topological polar surface area (TPSA) is 44.2 Å². The van der Waals surface area contributed by atoms with E-state index in [2.05, 4.69) is 25.9 Å². The van der Waals surface area contributed by atoms with Gasteiger partial charge < -0.3 is 9.47 Å². The molecule has 1 aromatic heterocycles. The first-order valence-corrected chi connectivity index (χ1v) is 4.69. The number of hydrogen-bond donors (Lipinski definition) is 0. The van der Waals surface area contributed by atoms with Gasteiger partial charge >= 0.3 is 0 Å². The number of halogens is 1. The number of aromatic nitrogens is 2. The fraction of sp³-hybridized carbons (Fsp3) is 0.429. The minimum Gasteiger partial charge on any atom is -0.483 e. The predicted octanol–water partition coefficient (Wildman–Crippen LogP) is 1.14. The second kappa shape index (κ2) is 3.26. The van der Waals surface area contributed by atoms with E-state index in [1.165, 1.54) is 6.33 Å². The molecule has 0 atom stereocenters. The van der Waals surface area contributed by atoms with Crippen LogP contribution in [-0.4, -0.2) is 23.2 Å². The van der Waals surface area contributed by atoms with Crippen LogP contribution in [-0.2, 0) is 5.33 Å². The highest BCUT2D eigenvalue weighted by Crippen LogP contribution is 2.30. The summed E-state index contributed by atoms with van der Waals surface area (Å²) in [7, 11) is 0. The number of ether oxygens (including phenoxy) is 2. The van der Waals surface area contributed by atoms with Gasteiger partial charge in [-0.1, -0.05) is 15.9 Å². The largest absolute Gasteiger partial charge is 0.483 e. The van der Waals surface area contributed by atoms with Crippen LogP contribution in [0, 0.1) is 0 Å². The molecule has 0 spiro atoms. The lowest BCUT2D eigenvalue weighted by Crippen LogP contribution is -2.17. The summed E-state index contributed by atoms with van der Waals surface area (Å²) in [6, 6.07) is 0. The number of rotatable bonds is 1. The Hall–Kier alpha value is -0.840. The zero-order valence-electron chi connectivity index (χ0n) is 6.29. The fourth-order valence-electron chi connectivity index (χ4n) is 1.02. The van der Waals surface area contributed by atoms with Gasteiger partial charge in [-0.2, -0.15) is 4.98 Å². The van der Waals surface area contributed by atoms with E-state index in [9.17, 15) is 0 Å². The highest BCUT2D eigenvalue weighted by Gasteiger charge is 2.16. The van der Waals surface area contributed by atoms with E-state index in [0.29, 0.717) is 30.2 Å². The first-order valence-electron chi connectivity index (χ1n) is 3.57. The fourth-order valence-corrected chi connectivity index (χ4v) is 1.42. The third-order valence-corrected chi connectivity index (χ3v) is 2.07. The van der Waals surface area contributed by atoms with Crippen LogP contribution in [0.2, 0.25) is 0 Å². The molecule has 1 aliphatic rings. The van der Waals surface area contributed by atoms with Gasteiger partial charge in [0.05, 0.1) is 0 Å². The van der Waals surface area contributed by atoms with Crippen LogP contribution in [0.1, 0.15) is 5.69 Å². The quantitative estimate of drug-likeness (QED) is 0.680. The van der Waals surface area contributed by atoms with Crippen molar-refractivity contribution in [1.82, 2.24) is 9.97 Å². The van der Waals surface area contributed by atoms with Crippen LogP contribution < -0.4 is 9.47 Å². The van der Waals surface area contributed by atoms with Crippen molar-refractivity contribution in [3.05, 3.63) is 12.0 Å². The van der Waals surface area contributed by atoms with Crippen molar-refractivity contribution < 1.29 is 9.47 Å². The molecule has 2 rings (SSSR count). The molecule has 12 heavy (non-hydrogen) atoms. The van der Waals surface area contributed by atoms with Gasteiger partial charge in [-0.05, 0) is 0 Å². The molecular weight excluding hydrogens is 224 g/mol. The zero-order valence-corrected chi connectivity index (χ0v) is 7.87. The molecule has 0 N–H and O–H groups in total. The van der Waals surface area contributed by atoms with Crippen molar-refractivity contribution in [3.8, 4) is 11.6 Å². The lowest BCUT2D eigenvalue weighted by molar-refractivity contribution is 0.162. The molecule has 0 saturated carbocycles. The van der Waals surface area contributed by atoms with Gasteiger partial charge in [0.25, 0.3) is 5.88 Å². The molecule has 0 saturated heterocycles. The predicted molar refractivity (Wildman–Crippen MR) is 45.7 cm³/mol. The van der Waals surface area contributed by atoms with Gasteiger partial charge in [0, 0.05) is 5.33 Å². The Labute approximate surface area is 78.1 Å². The summed E-state index contributed by atoms with van der Waals surface area (Å²) in [4.78, 5) is 8.00. The summed E-state index contributed by atoms with van der Waals surface area (Å²) >= 11 is 3.31. The van der Waals surface area contributed by atoms with Crippen molar-refractivity contribution >= 4 is 15.9 Å². The van der Waals surface area contributed by atoms with Gasteiger partial charge in [0.2, 0.25) is 5.75 Å². The molecule has 0 radical (unpaired) electrons. The molecule has 64 valence electrons. The van der Waals surface area contributed by atoms with Gasteiger partial charge in [-0.3, -0.25) is 0 Å².